The van der Waals surface area contributed by atoms with Crippen LogP contribution in [-0.4, -0.2) is 21.9 Å². The van der Waals surface area contributed by atoms with E-state index in [9.17, 15) is 19.7 Å². The second-order valence-electron chi connectivity index (χ2n) is 4.56. The maximum absolute atomic E-state index is 11.8. The normalized spacial score (nSPS) is 10.4. The number of amides is 1. The predicted molar refractivity (Wildman–Crippen MR) is 84.2 cm³/mol. The first-order chi connectivity index (χ1) is 11.0. The SMILES string of the molecule is O=C(C=Cc1ccc([N+](=O)[O-])cc1)Nc1cccc(C(=O)O)c1. The van der Waals surface area contributed by atoms with Crippen molar-refractivity contribution < 1.29 is 19.6 Å². The molecule has 0 aliphatic heterocycles. The van der Waals surface area contributed by atoms with Gasteiger partial charge in [0.1, 0.15) is 0 Å². The van der Waals surface area contributed by atoms with Crippen LogP contribution in [-0.2, 0) is 4.79 Å². The van der Waals surface area contributed by atoms with Crippen LogP contribution in [0.4, 0.5) is 11.4 Å². The van der Waals surface area contributed by atoms with E-state index in [1.54, 1.807) is 6.07 Å². The molecule has 116 valence electrons. The van der Waals surface area contributed by atoms with Gasteiger partial charge in [0.05, 0.1) is 10.5 Å². The van der Waals surface area contributed by atoms with Crippen LogP contribution in [0.2, 0.25) is 0 Å². The van der Waals surface area contributed by atoms with Crippen molar-refractivity contribution in [2.24, 2.45) is 0 Å². The molecule has 2 aromatic rings. The maximum Gasteiger partial charge on any atom is 0.335 e. The maximum atomic E-state index is 11.8. The molecule has 0 unspecified atom stereocenters. The van der Waals surface area contributed by atoms with Crippen LogP contribution in [0.15, 0.2) is 54.6 Å². The van der Waals surface area contributed by atoms with E-state index in [1.165, 1.54) is 54.6 Å². The zero-order chi connectivity index (χ0) is 16.8. The zero-order valence-electron chi connectivity index (χ0n) is 11.8. The average Bonchev–Trinajstić information content (AvgIpc) is 2.53. The summed E-state index contributed by atoms with van der Waals surface area (Å²) in [4.78, 5) is 32.7. The molecule has 23 heavy (non-hydrogen) atoms. The standard InChI is InChI=1S/C16H12N2O5/c19-15(17-13-3-1-2-12(10-13)16(20)21)9-6-11-4-7-14(8-5-11)18(22)23/h1-10H,(H,17,19)(H,20,21). The van der Waals surface area contributed by atoms with Crippen LogP contribution >= 0.6 is 0 Å². The molecule has 0 aliphatic rings. The third kappa shape index (κ3) is 4.50. The summed E-state index contributed by atoms with van der Waals surface area (Å²) in [6.45, 7) is 0. The summed E-state index contributed by atoms with van der Waals surface area (Å²) in [5, 5.41) is 22.0. The highest BCUT2D eigenvalue weighted by Gasteiger charge is 2.05. The molecule has 7 nitrogen and oxygen atoms in total. The van der Waals surface area contributed by atoms with Gasteiger partial charge in [-0.3, -0.25) is 14.9 Å². The first-order valence-corrected chi connectivity index (χ1v) is 6.52. The lowest BCUT2D eigenvalue weighted by Crippen LogP contribution is -2.08. The smallest absolute Gasteiger partial charge is 0.335 e. The summed E-state index contributed by atoms with van der Waals surface area (Å²) in [6.07, 6.45) is 2.76. The van der Waals surface area contributed by atoms with Crippen molar-refractivity contribution in [3.05, 3.63) is 75.8 Å². The van der Waals surface area contributed by atoms with Crippen LogP contribution in [0.3, 0.4) is 0 Å². The van der Waals surface area contributed by atoms with E-state index in [1.807, 2.05) is 0 Å². The number of rotatable bonds is 5. The molecule has 0 bridgehead atoms. The summed E-state index contributed by atoms with van der Waals surface area (Å²) in [7, 11) is 0. The predicted octanol–water partition coefficient (Wildman–Crippen LogP) is 2.94. The van der Waals surface area contributed by atoms with E-state index in [-0.39, 0.29) is 11.3 Å². The molecule has 0 spiro atoms. The number of aromatic carboxylic acids is 1. The van der Waals surface area contributed by atoms with Crippen molar-refractivity contribution >= 4 is 29.3 Å². The summed E-state index contributed by atoms with van der Waals surface area (Å²) < 4.78 is 0. The van der Waals surface area contributed by atoms with Gasteiger partial charge in [0.15, 0.2) is 0 Å². The molecule has 0 heterocycles. The van der Waals surface area contributed by atoms with Gasteiger partial charge in [0, 0.05) is 23.9 Å². The number of benzene rings is 2. The van der Waals surface area contributed by atoms with Gasteiger partial charge >= 0.3 is 5.97 Å². The fourth-order valence-corrected chi connectivity index (χ4v) is 1.79. The number of carbonyl (C=O) groups excluding carboxylic acids is 1. The highest BCUT2D eigenvalue weighted by molar-refractivity contribution is 6.02. The van der Waals surface area contributed by atoms with Crippen molar-refractivity contribution in [2.75, 3.05) is 5.32 Å². The topological polar surface area (TPSA) is 110 Å². The molecule has 2 aromatic carbocycles. The number of hydrogen-bond acceptors (Lipinski definition) is 4. The Morgan fingerprint density at radius 1 is 1.13 bits per heavy atom. The van der Waals surface area contributed by atoms with E-state index >= 15 is 0 Å². The molecule has 0 aromatic heterocycles. The largest absolute Gasteiger partial charge is 0.478 e. The quantitative estimate of drug-likeness (QED) is 0.501. The molecule has 7 heteroatoms. The fourth-order valence-electron chi connectivity index (χ4n) is 1.79. The van der Waals surface area contributed by atoms with Crippen molar-refractivity contribution in [3.63, 3.8) is 0 Å². The van der Waals surface area contributed by atoms with Crippen LogP contribution in [0.1, 0.15) is 15.9 Å². The Hall–Kier alpha value is -3.48. The number of non-ortho nitro benzene ring substituents is 1. The van der Waals surface area contributed by atoms with Gasteiger partial charge in [0.2, 0.25) is 5.91 Å². The van der Waals surface area contributed by atoms with E-state index < -0.39 is 16.8 Å². The van der Waals surface area contributed by atoms with E-state index in [0.717, 1.165) is 0 Å². The van der Waals surface area contributed by atoms with Gasteiger partial charge in [-0.25, -0.2) is 4.79 Å². The lowest BCUT2D eigenvalue weighted by molar-refractivity contribution is -0.384. The Morgan fingerprint density at radius 3 is 2.43 bits per heavy atom. The number of nitrogens with one attached hydrogen (secondary N) is 1. The second kappa shape index (κ2) is 6.99. The van der Waals surface area contributed by atoms with Crippen molar-refractivity contribution in [1.82, 2.24) is 0 Å². The molecule has 0 saturated heterocycles. The minimum Gasteiger partial charge on any atom is -0.478 e. The van der Waals surface area contributed by atoms with Crippen LogP contribution in [0.5, 0.6) is 0 Å². The Labute approximate surface area is 131 Å². The van der Waals surface area contributed by atoms with Gasteiger partial charge in [-0.15, -0.1) is 0 Å². The molecule has 0 atom stereocenters. The molecule has 2 N–H and O–H groups in total. The van der Waals surface area contributed by atoms with Crippen LogP contribution in [0, 0.1) is 10.1 Å². The average molecular weight is 312 g/mol. The number of nitrogens with zero attached hydrogens (tertiary/aromatic N) is 1. The summed E-state index contributed by atoms with van der Waals surface area (Å²) >= 11 is 0. The van der Waals surface area contributed by atoms with Gasteiger partial charge in [0.25, 0.3) is 5.69 Å². The third-order valence-corrected chi connectivity index (χ3v) is 2.91. The number of nitro groups is 1. The molecular weight excluding hydrogens is 300 g/mol. The monoisotopic (exact) mass is 312 g/mol. The van der Waals surface area contributed by atoms with Crippen molar-refractivity contribution in [1.29, 1.82) is 0 Å². The van der Waals surface area contributed by atoms with Gasteiger partial charge in [-0.05, 0) is 42.0 Å². The zero-order valence-corrected chi connectivity index (χ0v) is 11.8. The van der Waals surface area contributed by atoms with Crippen LogP contribution < -0.4 is 5.32 Å². The Balaban J connectivity index is 2.02. The number of carbonyl (C=O) groups is 2. The first kappa shape index (κ1) is 15.9. The third-order valence-electron chi connectivity index (χ3n) is 2.91. The van der Waals surface area contributed by atoms with Crippen LogP contribution in [0.25, 0.3) is 6.08 Å². The molecule has 0 saturated carbocycles. The Kier molecular flexibility index (Phi) is 4.83. The molecule has 1 amide bonds. The summed E-state index contributed by atoms with van der Waals surface area (Å²) in [5.41, 5.74) is 1.03. The van der Waals surface area contributed by atoms with E-state index in [2.05, 4.69) is 5.32 Å². The summed E-state index contributed by atoms with van der Waals surface area (Å²) in [6, 6.07) is 11.6. The first-order valence-electron chi connectivity index (χ1n) is 6.52. The van der Waals surface area contributed by atoms with E-state index in [0.29, 0.717) is 11.3 Å². The number of anilines is 1. The lowest BCUT2D eigenvalue weighted by atomic mass is 10.2. The highest BCUT2D eigenvalue weighted by Crippen LogP contribution is 2.13. The highest BCUT2D eigenvalue weighted by atomic mass is 16.6. The molecule has 0 radical (unpaired) electrons. The lowest BCUT2D eigenvalue weighted by Gasteiger charge is -2.03. The number of carboxylic acid groups (broad SMARTS) is 1. The number of hydrogen-bond donors (Lipinski definition) is 2. The number of carboxylic acids is 1. The molecular formula is C16H12N2O5. The van der Waals surface area contributed by atoms with E-state index in [4.69, 9.17) is 5.11 Å². The molecule has 0 aliphatic carbocycles. The Morgan fingerprint density at radius 2 is 1.83 bits per heavy atom. The second-order valence-corrected chi connectivity index (χ2v) is 4.56. The van der Waals surface area contributed by atoms with Crippen molar-refractivity contribution in [2.45, 2.75) is 0 Å². The molecule has 0 fully saturated rings. The summed E-state index contributed by atoms with van der Waals surface area (Å²) in [5.74, 6) is -1.52. The fraction of sp³-hybridized carbons (Fsp3) is 0. The minimum atomic E-state index is -1.08. The molecule has 2 rings (SSSR count). The van der Waals surface area contributed by atoms with Gasteiger partial charge in [-0.2, -0.15) is 0 Å². The van der Waals surface area contributed by atoms with Gasteiger partial charge in [-0.1, -0.05) is 6.07 Å². The Bertz CT molecular complexity index is 781. The van der Waals surface area contributed by atoms with Crippen molar-refractivity contribution in [3.8, 4) is 0 Å². The minimum absolute atomic E-state index is 0.0305. The number of nitro benzene ring substituents is 1. The van der Waals surface area contributed by atoms with Gasteiger partial charge < -0.3 is 10.4 Å².